The van der Waals surface area contributed by atoms with Gasteiger partial charge in [0.05, 0.1) is 12.3 Å². The van der Waals surface area contributed by atoms with Crippen LogP contribution in [0.3, 0.4) is 0 Å². The lowest BCUT2D eigenvalue weighted by molar-refractivity contribution is -0.126. The molecule has 1 aliphatic rings. The summed E-state index contributed by atoms with van der Waals surface area (Å²) in [6.07, 6.45) is 5.80. The van der Waals surface area contributed by atoms with Gasteiger partial charge in [-0.25, -0.2) is 12.7 Å². The standard InChI is InChI=1S/C21H27N3O4S/c1-16(23-21(25)19-9-12-24(13-10-19)29(2,26)27)18-5-7-20(8-6-18)28-15-17-4-3-11-22-14-17/h3-8,11,14,16,19H,9-10,12-13,15H2,1-2H3,(H,23,25). The predicted octanol–water partition coefficient (Wildman–Crippen LogP) is 2.51. The molecular formula is C21H27N3O4S. The Bertz CT molecular complexity index is 909. The number of carbonyl (C=O) groups excluding carboxylic acids is 1. The van der Waals surface area contributed by atoms with Gasteiger partial charge in [-0.05, 0) is 43.5 Å². The van der Waals surface area contributed by atoms with Crippen molar-refractivity contribution in [2.75, 3.05) is 19.3 Å². The summed E-state index contributed by atoms with van der Waals surface area (Å²) in [4.78, 5) is 16.6. The number of ether oxygens (including phenoxy) is 1. The van der Waals surface area contributed by atoms with Crippen LogP contribution in [0.2, 0.25) is 0 Å². The number of hydrogen-bond donors (Lipinski definition) is 1. The molecule has 1 saturated heterocycles. The molecule has 1 atom stereocenters. The second-order valence-corrected chi connectivity index (χ2v) is 9.37. The molecule has 0 saturated carbocycles. The van der Waals surface area contributed by atoms with E-state index in [0.29, 0.717) is 32.5 Å². The molecule has 2 aromatic rings. The van der Waals surface area contributed by atoms with Gasteiger partial charge in [0.1, 0.15) is 12.4 Å². The SMILES string of the molecule is CC(NC(=O)C1CCN(S(C)(=O)=O)CC1)c1ccc(OCc2cccnc2)cc1. The highest BCUT2D eigenvalue weighted by molar-refractivity contribution is 7.88. The van der Waals surface area contributed by atoms with E-state index in [1.54, 1.807) is 12.4 Å². The highest BCUT2D eigenvalue weighted by Crippen LogP contribution is 2.22. The van der Waals surface area contributed by atoms with E-state index < -0.39 is 10.0 Å². The maximum Gasteiger partial charge on any atom is 0.223 e. The number of carbonyl (C=O) groups is 1. The van der Waals surface area contributed by atoms with Gasteiger partial charge < -0.3 is 10.1 Å². The van der Waals surface area contributed by atoms with Crippen LogP contribution in [0.5, 0.6) is 5.75 Å². The fourth-order valence-corrected chi connectivity index (χ4v) is 4.24. The van der Waals surface area contributed by atoms with Crippen LogP contribution in [0.4, 0.5) is 0 Å². The Labute approximate surface area is 172 Å². The van der Waals surface area contributed by atoms with Crippen molar-refractivity contribution in [2.24, 2.45) is 5.92 Å². The quantitative estimate of drug-likeness (QED) is 0.748. The molecular weight excluding hydrogens is 390 g/mol. The van der Waals surface area contributed by atoms with Crippen LogP contribution in [0.15, 0.2) is 48.8 Å². The first-order chi connectivity index (χ1) is 13.8. The highest BCUT2D eigenvalue weighted by atomic mass is 32.2. The molecule has 0 bridgehead atoms. The van der Waals surface area contributed by atoms with Gasteiger partial charge in [0.15, 0.2) is 0 Å². The average Bonchev–Trinajstić information content (AvgIpc) is 2.73. The Morgan fingerprint density at radius 3 is 2.52 bits per heavy atom. The van der Waals surface area contributed by atoms with Crippen molar-refractivity contribution >= 4 is 15.9 Å². The Morgan fingerprint density at radius 1 is 1.24 bits per heavy atom. The molecule has 3 rings (SSSR count). The summed E-state index contributed by atoms with van der Waals surface area (Å²) in [7, 11) is -3.18. The molecule has 0 aliphatic carbocycles. The largest absolute Gasteiger partial charge is 0.489 e. The van der Waals surface area contributed by atoms with Crippen molar-refractivity contribution in [1.29, 1.82) is 0 Å². The van der Waals surface area contributed by atoms with Crippen molar-refractivity contribution in [3.05, 3.63) is 59.9 Å². The fraction of sp³-hybridized carbons (Fsp3) is 0.429. The van der Waals surface area contributed by atoms with Crippen molar-refractivity contribution in [3.63, 3.8) is 0 Å². The minimum Gasteiger partial charge on any atom is -0.489 e. The number of sulfonamides is 1. The second kappa shape index (κ2) is 9.37. The number of nitrogens with zero attached hydrogens (tertiary/aromatic N) is 2. The van der Waals surface area contributed by atoms with Crippen LogP contribution in [-0.2, 0) is 21.4 Å². The summed E-state index contributed by atoms with van der Waals surface area (Å²) in [6, 6.07) is 11.3. The number of piperidine rings is 1. The summed E-state index contributed by atoms with van der Waals surface area (Å²) in [5.74, 6) is 0.573. The second-order valence-electron chi connectivity index (χ2n) is 7.39. The average molecular weight is 418 g/mol. The van der Waals surface area contributed by atoms with Gasteiger partial charge in [-0.2, -0.15) is 0 Å². The lowest BCUT2D eigenvalue weighted by atomic mass is 9.96. The van der Waals surface area contributed by atoms with Gasteiger partial charge in [-0.1, -0.05) is 18.2 Å². The first kappa shape index (κ1) is 21.3. The number of pyridine rings is 1. The van der Waals surface area contributed by atoms with Gasteiger partial charge in [-0.15, -0.1) is 0 Å². The van der Waals surface area contributed by atoms with E-state index >= 15 is 0 Å². The van der Waals surface area contributed by atoms with Gasteiger partial charge in [0.2, 0.25) is 15.9 Å². The molecule has 1 N–H and O–H groups in total. The Hall–Kier alpha value is -2.45. The van der Waals surface area contributed by atoms with Gasteiger partial charge >= 0.3 is 0 Å². The van der Waals surface area contributed by atoms with Crippen LogP contribution < -0.4 is 10.1 Å². The molecule has 7 nitrogen and oxygen atoms in total. The van der Waals surface area contributed by atoms with E-state index in [9.17, 15) is 13.2 Å². The zero-order valence-corrected chi connectivity index (χ0v) is 17.6. The molecule has 156 valence electrons. The van der Waals surface area contributed by atoms with Crippen LogP contribution in [0.25, 0.3) is 0 Å². The monoisotopic (exact) mass is 417 g/mol. The third kappa shape index (κ3) is 6.01. The van der Waals surface area contributed by atoms with Gasteiger partial charge in [-0.3, -0.25) is 9.78 Å². The van der Waals surface area contributed by atoms with Crippen molar-refractivity contribution in [2.45, 2.75) is 32.4 Å². The number of amides is 1. The van der Waals surface area contributed by atoms with Crippen molar-refractivity contribution in [3.8, 4) is 5.75 Å². The number of hydrogen-bond acceptors (Lipinski definition) is 5. The smallest absolute Gasteiger partial charge is 0.223 e. The Kier molecular flexibility index (Phi) is 6.87. The zero-order chi connectivity index (χ0) is 20.9. The van der Waals surface area contributed by atoms with E-state index in [1.807, 2.05) is 43.3 Å². The fourth-order valence-electron chi connectivity index (χ4n) is 3.37. The van der Waals surface area contributed by atoms with Crippen LogP contribution >= 0.6 is 0 Å². The number of aromatic nitrogens is 1. The summed E-state index contributed by atoms with van der Waals surface area (Å²) in [5.41, 5.74) is 1.99. The minimum atomic E-state index is -3.18. The lowest BCUT2D eigenvalue weighted by Crippen LogP contribution is -2.43. The van der Waals surface area contributed by atoms with E-state index in [2.05, 4.69) is 10.3 Å². The Morgan fingerprint density at radius 2 is 1.93 bits per heavy atom. The van der Waals surface area contributed by atoms with Crippen LogP contribution in [-0.4, -0.2) is 43.0 Å². The molecule has 0 spiro atoms. The number of rotatable bonds is 7. The van der Waals surface area contributed by atoms with E-state index in [0.717, 1.165) is 16.9 Å². The van der Waals surface area contributed by atoms with Crippen molar-refractivity contribution in [1.82, 2.24) is 14.6 Å². The maximum atomic E-state index is 12.6. The molecule has 1 amide bonds. The molecule has 8 heteroatoms. The highest BCUT2D eigenvalue weighted by Gasteiger charge is 2.29. The first-order valence-electron chi connectivity index (χ1n) is 9.70. The zero-order valence-electron chi connectivity index (χ0n) is 16.7. The number of benzene rings is 1. The number of nitrogens with one attached hydrogen (secondary N) is 1. The molecule has 29 heavy (non-hydrogen) atoms. The third-order valence-corrected chi connectivity index (χ3v) is 6.46. The normalized spacial score (nSPS) is 16.9. The predicted molar refractivity (Wildman–Crippen MR) is 111 cm³/mol. The molecule has 1 aliphatic heterocycles. The lowest BCUT2D eigenvalue weighted by Gasteiger charge is -2.30. The van der Waals surface area contributed by atoms with Crippen LogP contribution in [0, 0.1) is 5.92 Å². The van der Waals surface area contributed by atoms with Gasteiger partial charge in [0, 0.05) is 37.0 Å². The first-order valence-corrected chi connectivity index (χ1v) is 11.5. The molecule has 1 fully saturated rings. The summed E-state index contributed by atoms with van der Waals surface area (Å²) < 4.78 is 30.4. The summed E-state index contributed by atoms with van der Waals surface area (Å²) in [6.45, 7) is 3.18. The third-order valence-electron chi connectivity index (χ3n) is 5.16. The Balaban J connectivity index is 1.49. The van der Waals surface area contributed by atoms with E-state index in [-0.39, 0.29) is 17.9 Å². The molecule has 1 aromatic heterocycles. The summed E-state index contributed by atoms with van der Waals surface area (Å²) in [5, 5.41) is 3.04. The topological polar surface area (TPSA) is 88.6 Å². The van der Waals surface area contributed by atoms with E-state index in [1.165, 1.54) is 10.6 Å². The van der Waals surface area contributed by atoms with Gasteiger partial charge in [0.25, 0.3) is 0 Å². The van der Waals surface area contributed by atoms with E-state index in [4.69, 9.17) is 4.74 Å². The molecule has 1 aromatic carbocycles. The molecule has 0 radical (unpaired) electrons. The van der Waals surface area contributed by atoms with Crippen LogP contribution in [0.1, 0.15) is 36.9 Å². The summed E-state index contributed by atoms with van der Waals surface area (Å²) >= 11 is 0. The molecule has 2 heterocycles. The minimum absolute atomic E-state index is 0.0254. The molecule has 1 unspecified atom stereocenters. The van der Waals surface area contributed by atoms with Crippen molar-refractivity contribution < 1.29 is 17.9 Å². The maximum absolute atomic E-state index is 12.6.